The molecule has 7 nitrogen and oxygen atoms in total. The van der Waals surface area contributed by atoms with Crippen molar-refractivity contribution in [3.63, 3.8) is 0 Å². The Morgan fingerprint density at radius 2 is 2.00 bits per heavy atom. The van der Waals surface area contributed by atoms with Gasteiger partial charge in [-0.1, -0.05) is 12.1 Å². The van der Waals surface area contributed by atoms with E-state index in [1.54, 1.807) is 25.4 Å². The highest BCUT2D eigenvalue weighted by Crippen LogP contribution is 2.32. The molecule has 148 valence electrons. The second-order valence-electron chi connectivity index (χ2n) is 7.40. The topological polar surface area (TPSA) is 88.2 Å². The molecule has 1 saturated heterocycles. The summed E-state index contributed by atoms with van der Waals surface area (Å²) < 4.78 is 33.0. The van der Waals surface area contributed by atoms with Crippen molar-refractivity contribution < 1.29 is 13.2 Å². The van der Waals surface area contributed by atoms with E-state index < -0.39 is 15.7 Å². The van der Waals surface area contributed by atoms with E-state index in [9.17, 15) is 8.42 Å². The number of pyridine rings is 1. The summed E-state index contributed by atoms with van der Waals surface area (Å²) in [4.78, 5) is 12.4. The zero-order valence-electron chi connectivity index (χ0n) is 16.3. The van der Waals surface area contributed by atoms with Gasteiger partial charge in [-0.2, -0.15) is 4.31 Å². The molecule has 1 N–H and O–H groups in total. The predicted molar refractivity (Wildman–Crippen MR) is 106 cm³/mol. The molecule has 0 radical (unpaired) electrons. The van der Waals surface area contributed by atoms with Gasteiger partial charge in [0.2, 0.25) is 10.0 Å². The van der Waals surface area contributed by atoms with Crippen molar-refractivity contribution in [2.24, 2.45) is 0 Å². The number of aromatic nitrogens is 3. The van der Waals surface area contributed by atoms with E-state index >= 15 is 0 Å². The van der Waals surface area contributed by atoms with Crippen LogP contribution in [0.15, 0.2) is 41.4 Å². The predicted octanol–water partition coefficient (Wildman–Crippen LogP) is 3.00. The number of H-pyrrole nitrogens is 1. The quantitative estimate of drug-likeness (QED) is 0.711. The van der Waals surface area contributed by atoms with E-state index in [0.717, 1.165) is 34.5 Å². The van der Waals surface area contributed by atoms with Gasteiger partial charge in [0.1, 0.15) is 17.1 Å². The first kappa shape index (κ1) is 19.0. The monoisotopic (exact) mass is 400 g/mol. The van der Waals surface area contributed by atoms with Crippen LogP contribution in [0, 0.1) is 6.92 Å². The smallest absolute Gasteiger partial charge is 0.245 e. The first-order chi connectivity index (χ1) is 13.3. The molecule has 1 aliphatic rings. The molecule has 3 heterocycles. The summed E-state index contributed by atoms with van der Waals surface area (Å²) in [7, 11) is -2.04. The highest BCUT2D eigenvalue weighted by atomic mass is 32.2. The van der Waals surface area contributed by atoms with Gasteiger partial charge in [-0.25, -0.2) is 13.4 Å². The van der Waals surface area contributed by atoms with Crippen LogP contribution in [0.2, 0.25) is 0 Å². The minimum absolute atomic E-state index is 0.261. The molecule has 0 spiro atoms. The maximum atomic E-state index is 13.0. The maximum absolute atomic E-state index is 13.0. The highest BCUT2D eigenvalue weighted by Gasteiger charge is 2.41. The minimum Gasteiger partial charge on any atom is -0.360 e. The van der Waals surface area contributed by atoms with Gasteiger partial charge in [-0.3, -0.25) is 4.98 Å². The number of benzene rings is 1. The molecule has 2 aromatic heterocycles. The Morgan fingerprint density at radius 3 is 2.68 bits per heavy atom. The molecule has 3 aromatic rings. The number of sulfonamides is 1. The van der Waals surface area contributed by atoms with E-state index in [1.807, 2.05) is 32.0 Å². The van der Waals surface area contributed by atoms with E-state index in [-0.39, 0.29) is 4.90 Å². The fraction of sp³-hybridized carbons (Fsp3) is 0.400. The standard InChI is InChI=1S/C20H24N4O3S/c1-14-22-17-9-11-21-18(19(17)23-14)13-15-5-7-16(8-6-15)28(25,26)24(3)20(2)10-4-12-27-20/h5-9,11H,4,10,12-13H2,1-3H3,(H,22,23). The van der Waals surface area contributed by atoms with Gasteiger partial charge in [-0.15, -0.1) is 0 Å². The van der Waals surface area contributed by atoms with E-state index in [0.29, 0.717) is 19.4 Å². The highest BCUT2D eigenvalue weighted by molar-refractivity contribution is 7.89. The van der Waals surface area contributed by atoms with Crippen LogP contribution in [0.1, 0.15) is 36.8 Å². The van der Waals surface area contributed by atoms with Crippen LogP contribution in [-0.2, 0) is 21.2 Å². The second-order valence-corrected chi connectivity index (χ2v) is 9.37. The van der Waals surface area contributed by atoms with Gasteiger partial charge in [0.15, 0.2) is 0 Å². The van der Waals surface area contributed by atoms with Gasteiger partial charge >= 0.3 is 0 Å². The molecule has 1 unspecified atom stereocenters. The number of imidazole rings is 1. The lowest BCUT2D eigenvalue weighted by atomic mass is 10.1. The van der Waals surface area contributed by atoms with Crippen molar-refractivity contribution in [3.8, 4) is 0 Å². The van der Waals surface area contributed by atoms with Crippen LogP contribution < -0.4 is 0 Å². The van der Waals surface area contributed by atoms with Crippen LogP contribution >= 0.6 is 0 Å². The number of aryl methyl sites for hydroxylation is 1. The third-order valence-corrected chi connectivity index (χ3v) is 7.39. The number of fused-ring (bicyclic) bond motifs is 1. The van der Waals surface area contributed by atoms with Gasteiger partial charge in [0.25, 0.3) is 0 Å². The minimum atomic E-state index is -3.63. The van der Waals surface area contributed by atoms with Crippen molar-refractivity contribution in [2.75, 3.05) is 13.7 Å². The third kappa shape index (κ3) is 3.32. The molecule has 8 heteroatoms. The Kier molecular flexibility index (Phi) is 4.73. The van der Waals surface area contributed by atoms with E-state index in [4.69, 9.17) is 4.74 Å². The number of rotatable bonds is 5. The fourth-order valence-electron chi connectivity index (χ4n) is 3.64. The Morgan fingerprint density at radius 1 is 1.25 bits per heavy atom. The number of nitrogens with one attached hydrogen (secondary N) is 1. The van der Waals surface area contributed by atoms with Crippen LogP contribution in [0.3, 0.4) is 0 Å². The maximum Gasteiger partial charge on any atom is 0.245 e. The zero-order valence-corrected chi connectivity index (χ0v) is 17.1. The van der Waals surface area contributed by atoms with Crippen LogP contribution in [0.4, 0.5) is 0 Å². The lowest BCUT2D eigenvalue weighted by molar-refractivity contribution is -0.0554. The Bertz CT molecular complexity index is 1100. The lowest BCUT2D eigenvalue weighted by Crippen LogP contribution is -2.46. The average molecular weight is 401 g/mol. The summed E-state index contributed by atoms with van der Waals surface area (Å²) in [6, 6.07) is 8.86. The van der Waals surface area contributed by atoms with Gasteiger partial charge in [-0.05, 0) is 50.5 Å². The number of aromatic amines is 1. The Balaban J connectivity index is 1.58. The van der Waals surface area contributed by atoms with E-state index in [1.165, 1.54) is 4.31 Å². The molecule has 0 amide bonds. The van der Waals surface area contributed by atoms with Crippen molar-refractivity contribution in [1.82, 2.24) is 19.3 Å². The van der Waals surface area contributed by atoms with Crippen LogP contribution in [0.5, 0.6) is 0 Å². The fourth-order valence-corrected chi connectivity index (χ4v) is 5.09. The Labute approximate surface area is 164 Å². The molecule has 0 saturated carbocycles. The summed E-state index contributed by atoms with van der Waals surface area (Å²) in [5, 5.41) is 0. The molecule has 1 aliphatic heterocycles. The number of hydrogen-bond acceptors (Lipinski definition) is 5. The summed E-state index contributed by atoms with van der Waals surface area (Å²) >= 11 is 0. The molecule has 0 bridgehead atoms. The first-order valence-electron chi connectivity index (χ1n) is 9.32. The number of nitrogens with zero attached hydrogens (tertiary/aromatic N) is 3. The van der Waals surface area contributed by atoms with Crippen molar-refractivity contribution in [3.05, 3.63) is 53.6 Å². The van der Waals surface area contributed by atoms with Gasteiger partial charge in [0, 0.05) is 26.3 Å². The van der Waals surface area contributed by atoms with Crippen LogP contribution in [0.25, 0.3) is 11.0 Å². The lowest BCUT2D eigenvalue weighted by Gasteiger charge is -2.33. The molecule has 1 atom stereocenters. The molecule has 1 aromatic carbocycles. The molecule has 1 fully saturated rings. The average Bonchev–Trinajstić information content (AvgIpc) is 3.28. The third-order valence-electron chi connectivity index (χ3n) is 5.41. The normalized spacial score (nSPS) is 20.3. The van der Waals surface area contributed by atoms with E-state index in [2.05, 4.69) is 15.0 Å². The SMILES string of the molecule is Cc1nc2c(Cc3ccc(S(=O)(=O)N(C)C4(C)CCCO4)cc3)nccc2[nH]1. The summed E-state index contributed by atoms with van der Waals surface area (Å²) in [5.74, 6) is 0.844. The van der Waals surface area contributed by atoms with Crippen LogP contribution in [-0.4, -0.2) is 47.1 Å². The molecule has 28 heavy (non-hydrogen) atoms. The summed E-state index contributed by atoms with van der Waals surface area (Å²) in [5.41, 5.74) is 2.86. The largest absolute Gasteiger partial charge is 0.360 e. The molecular formula is C20H24N4O3S. The Hall–Kier alpha value is -2.29. The number of ether oxygens (including phenoxy) is 1. The van der Waals surface area contributed by atoms with Gasteiger partial charge < -0.3 is 9.72 Å². The van der Waals surface area contributed by atoms with Crippen molar-refractivity contribution in [2.45, 2.75) is 43.7 Å². The summed E-state index contributed by atoms with van der Waals surface area (Å²) in [6.45, 7) is 4.32. The second kappa shape index (κ2) is 6.95. The van der Waals surface area contributed by atoms with Gasteiger partial charge in [0.05, 0.1) is 16.1 Å². The zero-order chi connectivity index (χ0) is 19.9. The number of hydrogen-bond donors (Lipinski definition) is 1. The van der Waals surface area contributed by atoms with Crippen molar-refractivity contribution >= 4 is 21.1 Å². The summed E-state index contributed by atoms with van der Waals surface area (Å²) in [6.07, 6.45) is 3.89. The molecular weight excluding hydrogens is 376 g/mol. The molecule has 4 rings (SSSR count). The first-order valence-corrected chi connectivity index (χ1v) is 10.8. The molecule has 0 aliphatic carbocycles. The van der Waals surface area contributed by atoms with Crippen molar-refractivity contribution in [1.29, 1.82) is 0 Å².